The van der Waals surface area contributed by atoms with Crippen molar-refractivity contribution in [3.05, 3.63) is 110 Å². The number of hydrogen-bond acceptors (Lipinski definition) is 7. The van der Waals surface area contributed by atoms with E-state index in [2.05, 4.69) is 43.9 Å². The number of alkyl carbamates (subject to hydrolysis) is 1. The predicted molar refractivity (Wildman–Crippen MR) is 183 cm³/mol. The summed E-state index contributed by atoms with van der Waals surface area (Å²) in [7, 11) is -1.52. The minimum Gasteiger partial charge on any atom is -0.444 e. The van der Waals surface area contributed by atoms with Gasteiger partial charge in [-0.15, -0.1) is 0 Å². The lowest BCUT2D eigenvalue weighted by Gasteiger charge is -2.22. The number of hydrogen-bond donors (Lipinski definition) is 4. The van der Waals surface area contributed by atoms with Crippen LogP contribution in [0.4, 0.5) is 4.79 Å². The van der Waals surface area contributed by atoms with Crippen LogP contribution in [0, 0.1) is 3.57 Å². The first-order chi connectivity index (χ1) is 20.1. The Balaban J connectivity index is 0.000000242. The van der Waals surface area contributed by atoms with E-state index < -0.39 is 18.8 Å². The predicted octanol–water partition coefficient (Wildman–Crippen LogP) is 6.71. The van der Waals surface area contributed by atoms with Gasteiger partial charge in [-0.3, -0.25) is 0 Å². The highest BCUT2D eigenvalue weighted by Crippen LogP contribution is 2.22. The Hall–Kier alpha value is -2.74. The largest absolute Gasteiger partial charge is 0.488 e. The van der Waals surface area contributed by atoms with E-state index in [-0.39, 0.29) is 12.1 Å². The molecule has 8 nitrogen and oxygen atoms in total. The summed E-state index contributed by atoms with van der Waals surface area (Å²) in [6.45, 7) is 9.14. The van der Waals surface area contributed by atoms with Crippen LogP contribution in [-0.4, -0.2) is 38.8 Å². The summed E-state index contributed by atoms with van der Waals surface area (Å²) in [5, 5.41) is 22.0. The van der Waals surface area contributed by atoms with E-state index in [0.717, 1.165) is 25.8 Å². The molecule has 0 aliphatic rings. The molecule has 5 N–H and O–H groups in total. The zero-order valence-corrected chi connectivity index (χ0v) is 28.3. The molecule has 12 heteroatoms. The van der Waals surface area contributed by atoms with Crippen molar-refractivity contribution >= 4 is 64.5 Å². The van der Waals surface area contributed by atoms with E-state index in [1.807, 2.05) is 37.3 Å². The van der Waals surface area contributed by atoms with E-state index in [9.17, 15) is 4.79 Å². The number of nitrogens with one attached hydrogen (secondary N) is 1. The molecule has 1 amide bonds. The number of nitrogens with zero attached hydrogens (tertiary/aromatic N) is 2. The fourth-order valence-corrected chi connectivity index (χ4v) is 4.01. The second-order valence-electron chi connectivity index (χ2n) is 10.5. The minimum atomic E-state index is -1.52. The molecule has 2 aromatic carbocycles. The summed E-state index contributed by atoms with van der Waals surface area (Å²) < 4.78 is 6.26. The third-order valence-corrected chi connectivity index (χ3v) is 6.69. The van der Waals surface area contributed by atoms with Crippen molar-refractivity contribution in [1.82, 2.24) is 15.3 Å². The number of amides is 1. The lowest BCUT2D eigenvalue weighted by Crippen LogP contribution is -2.35. The number of benzene rings is 2. The van der Waals surface area contributed by atoms with Gasteiger partial charge in [0.15, 0.2) is 0 Å². The second kappa shape index (κ2) is 17.5. The summed E-state index contributed by atoms with van der Waals surface area (Å²) >= 11 is 13.4. The van der Waals surface area contributed by atoms with Crippen LogP contribution in [0.15, 0.2) is 85.2 Å². The molecule has 0 aliphatic heterocycles. The van der Waals surface area contributed by atoms with E-state index in [1.165, 1.54) is 0 Å². The maximum Gasteiger partial charge on any atom is 0.488 e. The van der Waals surface area contributed by atoms with Crippen molar-refractivity contribution in [2.24, 2.45) is 5.73 Å². The van der Waals surface area contributed by atoms with Gasteiger partial charge in [0.2, 0.25) is 0 Å². The summed E-state index contributed by atoms with van der Waals surface area (Å²) in [5.41, 5.74) is 9.73. The van der Waals surface area contributed by atoms with Gasteiger partial charge in [0.1, 0.15) is 15.9 Å². The fraction of sp³-hybridized carbons (Fsp3) is 0.258. The molecule has 2 aromatic heterocycles. The van der Waals surface area contributed by atoms with Crippen LogP contribution in [0.2, 0.25) is 10.3 Å². The number of aromatic nitrogens is 2. The van der Waals surface area contributed by atoms with E-state index in [4.69, 9.17) is 43.7 Å². The molecule has 4 rings (SSSR count). The zero-order chi connectivity index (χ0) is 32.2. The van der Waals surface area contributed by atoms with Gasteiger partial charge in [-0.05, 0) is 110 Å². The Morgan fingerprint density at radius 3 is 2.02 bits per heavy atom. The van der Waals surface area contributed by atoms with Crippen LogP contribution in [0.1, 0.15) is 57.8 Å². The Morgan fingerprint density at radius 1 is 0.907 bits per heavy atom. The third-order valence-electron chi connectivity index (χ3n) is 5.61. The molecule has 0 aliphatic carbocycles. The van der Waals surface area contributed by atoms with Crippen molar-refractivity contribution in [1.29, 1.82) is 0 Å². The van der Waals surface area contributed by atoms with Gasteiger partial charge >= 0.3 is 13.2 Å². The van der Waals surface area contributed by atoms with Gasteiger partial charge in [-0.2, -0.15) is 0 Å². The summed E-state index contributed by atoms with van der Waals surface area (Å²) in [6.07, 6.45) is 2.99. The molecule has 4 aromatic rings. The lowest BCUT2D eigenvalue weighted by atomic mass is 9.79. The van der Waals surface area contributed by atoms with Crippen molar-refractivity contribution in [2.75, 3.05) is 0 Å². The number of ether oxygens (including phenoxy) is 1. The quantitative estimate of drug-likeness (QED) is 0.102. The topological polar surface area (TPSA) is 131 Å². The standard InChI is InChI=1S/C13H20BNO4.C13H13ClN2.C5H3ClIN/c1-9(15-12(16)19-13(2,3)4)10-6-5-7-11(8-10)14(17)18;1-9(15)10-3-2-4-11(7-10)12-5-6-13(14)16-8-12;6-5-2-1-4(7)3-8-5/h5-9,17-18H,1-4H3,(H,15,16);2-9H,15H2,1H3;1-3H/t2*9-;/m00./s1. The number of rotatable bonds is 5. The number of halogens is 3. The number of carbonyl (C=O) groups excluding carboxylic acids is 1. The maximum absolute atomic E-state index is 11.6. The molecule has 0 saturated heterocycles. The Kier molecular flexibility index (Phi) is 14.9. The Bertz CT molecular complexity index is 1420. The Labute approximate surface area is 277 Å². The SMILES string of the molecule is C[C@H](N)c1cccc(-c2ccc(Cl)nc2)c1.C[C@H](NC(=O)OC(C)(C)C)c1cccc(B(O)O)c1.Clc1ccc(I)cn1. The average Bonchev–Trinajstić information content (AvgIpc) is 2.95. The van der Waals surface area contributed by atoms with Crippen LogP contribution in [0.3, 0.4) is 0 Å². The molecule has 0 spiro atoms. The minimum absolute atomic E-state index is 0.0419. The molecule has 0 unspecified atom stereocenters. The number of carbonyl (C=O) groups is 1. The summed E-state index contributed by atoms with van der Waals surface area (Å²) in [6, 6.07) is 22.1. The van der Waals surface area contributed by atoms with Crippen LogP contribution >= 0.6 is 45.8 Å². The fourth-order valence-electron chi connectivity index (χ4n) is 3.46. The second-order valence-corrected chi connectivity index (χ2v) is 12.5. The van der Waals surface area contributed by atoms with Crippen LogP contribution in [-0.2, 0) is 4.74 Å². The first-order valence-electron chi connectivity index (χ1n) is 13.3. The highest BCUT2D eigenvalue weighted by atomic mass is 127. The highest BCUT2D eigenvalue weighted by Gasteiger charge is 2.19. The molecule has 0 saturated carbocycles. The molecule has 0 bridgehead atoms. The van der Waals surface area contributed by atoms with Crippen LogP contribution in [0.5, 0.6) is 0 Å². The summed E-state index contributed by atoms with van der Waals surface area (Å²) in [4.78, 5) is 19.5. The van der Waals surface area contributed by atoms with Crippen molar-refractivity contribution in [2.45, 2.75) is 52.3 Å². The van der Waals surface area contributed by atoms with Gasteiger partial charge in [0.05, 0.1) is 6.04 Å². The molecular weight excluding hydrogens is 701 g/mol. The van der Waals surface area contributed by atoms with Crippen LogP contribution < -0.4 is 16.5 Å². The highest BCUT2D eigenvalue weighted by molar-refractivity contribution is 14.1. The smallest absolute Gasteiger partial charge is 0.444 e. The van der Waals surface area contributed by atoms with Crippen LogP contribution in [0.25, 0.3) is 11.1 Å². The van der Waals surface area contributed by atoms with Gasteiger partial charge in [0, 0.05) is 27.6 Å². The van der Waals surface area contributed by atoms with Crippen molar-refractivity contribution in [3.63, 3.8) is 0 Å². The maximum atomic E-state index is 11.6. The average molecular weight is 737 g/mol. The monoisotopic (exact) mass is 736 g/mol. The van der Waals surface area contributed by atoms with Gasteiger partial charge in [-0.25, -0.2) is 14.8 Å². The number of pyridine rings is 2. The van der Waals surface area contributed by atoms with E-state index in [1.54, 1.807) is 76.5 Å². The molecule has 228 valence electrons. The summed E-state index contributed by atoms with van der Waals surface area (Å²) in [5.74, 6) is 0. The zero-order valence-electron chi connectivity index (χ0n) is 24.6. The van der Waals surface area contributed by atoms with Gasteiger partial charge in [-0.1, -0.05) is 65.7 Å². The molecule has 2 atom stereocenters. The number of nitrogens with two attached hydrogens (primary N) is 1. The van der Waals surface area contributed by atoms with Crippen molar-refractivity contribution < 1.29 is 19.6 Å². The van der Waals surface area contributed by atoms with Gasteiger partial charge in [0.25, 0.3) is 0 Å². The lowest BCUT2D eigenvalue weighted by molar-refractivity contribution is 0.0508. The Morgan fingerprint density at radius 2 is 1.51 bits per heavy atom. The van der Waals surface area contributed by atoms with E-state index >= 15 is 0 Å². The normalized spacial score (nSPS) is 12.0. The first-order valence-corrected chi connectivity index (χ1v) is 15.2. The van der Waals surface area contributed by atoms with Crippen molar-refractivity contribution in [3.8, 4) is 11.1 Å². The van der Waals surface area contributed by atoms with Gasteiger partial charge < -0.3 is 25.8 Å². The molecule has 43 heavy (non-hydrogen) atoms. The molecule has 0 radical (unpaired) electrons. The third kappa shape index (κ3) is 14.1. The first kappa shape index (κ1) is 36.5. The van der Waals surface area contributed by atoms with E-state index in [0.29, 0.717) is 15.8 Å². The molecule has 2 heterocycles. The molecule has 0 fully saturated rings. The molecular formula is C31H36BCl2IN4O4.